The Bertz CT molecular complexity index is 825. The van der Waals surface area contributed by atoms with Gasteiger partial charge in [-0.25, -0.2) is 9.98 Å². The Morgan fingerprint density at radius 1 is 1.10 bits per heavy atom. The largest absolute Gasteiger partial charge is 0.443 e. The number of nitrogens with one attached hydrogen (secondary N) is 3. The minimum atomic E-state index is -0.0666. The lowest BCUT2D eigenvalue weighted by atomic mass is 9.94. The summed E-state index contributed by atoms with van der Waals surface area (Å²) in [6, 6.07) is 7.55. The van der Waals surface area contributed by atoms with Crippen LogP contribution >= 0.6 is 24.0 Å². The van der Waals surface area contributed by atoms with E-state index >= 15 is 0 Å². The van der Waals surface area contributed by atoms with Gasteiger partial charge in [-0.15, -0.1) is 24.0 Å². The molecule has 0 radical (unpaired) electrons. The van der Waals surface area contributed by atoms with Gasteiger partial charge in [-0.2, -0.15) is 0 Å². The number of carbonyl (C=O) groups excluding carboxylic acids is 1. The molecule has 31 heavy (non-hydrogen) atoms. The van der Waals surface area contributed by atoms with Crippen molar-refractivity contribution in [2.24, 2.45) is 4.99 Å². The maximum absolute atomic E-state index is 12.1. The van der Waals surface area contributed by atoms with E-state index in [0.717, 1.165) is 30.7 Å². The number of oxazole rings is 1. The lowest BCUT2D eigenvalue weighted by Crippen LogP contribution is -2.36. The van der Waals surface area contributed by atoms with E-state index in [9.17, 15) is 4.79 Å². The number of rotatable bonds is 9. The van der Waals surface area contributed by atoms with Crippen molar-refractivity contribution in [3.63, 3.8) is 0 Å². The maximum Gasteiger partial charge on any atom is 0.251 e. The zero-order valence-electron chi connectivity index (χ0n) is 19.2. The van der Waals surface area contributed by atoms with E-state index in [1.807, 2.05) is 31.2 Å². The van der Waals surface area contributed by atoms with Crippen molar-refractivity contribution in [2.75, 3.05) is 13.1 Å². The van der Waals surface area contributed by atoms with E-state index in [1.165, 1.54) is 0 Å². The summed E-state index contributed by atoms with van der Waals surface area (Å²) in [5.74, 6) is 2.15. The molecule has 0 aliphatic carbocycles. The minimum Gasteiger partial charge on any atom is -0.443 e. The number of guanidine groups is 1. The number of amides is 1. The second-order valence-electron chi connectivity index (χ2n) is 8.22. The van der Waals surface area contributed by atoms with Gasteiger partial charge in [0, 0.05) is 24.1 Å². The van der Waals surface area contributed by atoms with Gasteiger partial charge < -0.3 is 20.4 Å². The number of hydrogen-bond donors (Lipinski definition) is 3. The Kier molecular flexibility index (Phi) is 11.6. The van der Waals surface area contributed by atoms with Crippen LogP contribution in [0.25, 0.3) is 0 Å². The molecule has 0 fully saturated rings. The first-order chi connectivity index (χ1) is 14.3. The molecule has 0 unspecified atom stereocenters. The summed E-state index contributed by atoms with van der Waals surface area (Å²) in [6.07, 6.45) is 3.83. The first kappa shape index (κ1) is 26.9. The highest BCUT2D eigenvalue weighted by Crippen LogP contribution is 2.22. The summed E-state index contributed by atoms with van der Waals surface area (Å²) < 4.78 is 5.82. The lowest BCUT2D eigenvalue weighted by molar-refractivity contribution is 0.0953. The number of aliphatic imine (C=N–C) groups is 1. The van der Waals surface area contributed by atoms with Crippen LogP contribution in [-0.4, -0.2) is 29.9 Å². The van der Waals surface area contributed by atoms with Crippen molar-refractivity contribution in [3.05, 3.63) is 53.2 Å². The first-order valence-electron chi connectivity index (χ1n) is 10.7. The fraction of sp³-hybridized carbons (Fsp3) is 0.522. The topological polar surface area (TPSA) is 91.5 Å². The fourth-order valence-electron chi connectivity index (χ4n) is 2.65. The third kappa shape index (κ3) is 9.28. The maximum atomic E-state index is 12.1. The zero-order chi connectivity index (χ0) is 22.0. The number of carbonyl (C=O) groups is 1. The fourth-order valence-corrected chi connectivity index (χ4v) is 2.65. The normalized spacial score (nSPS) is 11.6. The van der Waals surface area contributed by atoms with E-state index in [1.54, 1.807) is 6.20 Å². The molecule has 1 aromatic heterocycles. The molecule has 0 saturated carbocycles. The van der Waals surface area contributed by atoms with Gasteiger partial charge in [-0.3, -0.25) is 4.79 Å². The Morgan fingerprint density at radius 3 is 2.39 bits per heavy atom. The van der Waals surface area contributed by atoms with E-state index in [0.29, 0.717) is 37.0 Å². The Balaban J connectivity index is 0.00000480. The van der Waals surface area contributed by atoms with Crippen molar-refractivity contribution < 1.29 is 9.21 Å². The number of hydrogen-bond acceptors (Lipinski definition) is 4. The third-order valence-corrected chi connectivity index (χ3v) is 4.50. The van der Waals surface area contributed by atoms with Crippen LogP contribution < -0.4 is 16.0 Å². The Hall–Kier alpha value is -2.10. The monoisotopic (exact) mass is 541 g/mol. The molecule has 1 aromatic carbocycles. The highest BCUT2D eigenvalue weighted by Gasteiger charge is 2.19. The van der Waals surface area contributed by atoms with Crippen LogP contribution in [0, 0.1) is 0 Å². The van der Waals surface area contributed by atoms with E-state index < -0.39 is 0 Å². The summed E-state index contributed by atoms with van der Waals surface area (Å²) in [6.45, 7) is 12.8. The molecule has 3 N–H and O–H groups in total. The van der Waals surface area contributed by atoms with E-state index in [-0.39, 0.29) is 35.3 Å². The molecular weight excluding hydrogens is 505 g/mol. The van der Waals surface area contributed by atoms with E-state index in [4.69, 9.17) is 4.42 Å². The summed E-state index contributed by atoms with van der Waals surface area (Å²) in [7, 11) is 0. The van der Waals surface area contributed by atoms with Crippen molar-refractivity contribution >= 4 is 35.8 Å². The highest BCUT2D eigenvalue weighted by atomic mass is 127. The van der Waals surface area contributed by atoms with Gasteiger partial charge in [0.2, 0.25) is 5.89 Å². The van der Waals surface area contributed by atoms with Crippen LogP contribution in [0.1, 0.15) is 75.0 Å². The smallest absolute Gasteiger partial charge is 0.251 e. The molecule has 0 atom stereocenters. The molecule has 0 bridgehead atoms. The van der Waals surface area contributed by atoms with Gasteiger partial charge in [-0.1, -0.05) is 46.2 Å². The Labute approximate surface area is 202 Å². The quantitative estimate of drug-likeness (QED) is 0.190. The average molecular weight is 541 g/mol. The van der Waals surface area contributed by atoms with Gasteiger partial charge in [0.15, 0.2) is 5.96 Å². The van der Waals surface area contributed by atoms with Gasteiger partial charge in [-0.05, 0) is 31.0 Å². The number of aromatic nitrogens is 1. The molecular formula is C23H36IN5O2. The van der Waals surface area contributed by atoms with Crippen molar-refractivity contribution in [1.82, 2.24) is 20.9 Å². The Morgan fingerprint density at radius 2 is 1.81 bits per heavy atom. The van der Waals surface area contributed by atoms with Crippen LogP contribution in [0.3, 0.4) is 0 Å². The van der Waals surface area contributed by atoms with Crippen LogP contribution in [-0.2, 0) is 18.5 Å². The van der Waals surface area contributed by atoms with Gasteiger partial charge in [0.1, 0.15) is 5.76 Å². The van der Waals surface area contributed by atoms with Crippen LogP contribution in [0.4, 0.5) is 0 Å². The standard InChI is InChI=1S/C23H35N5O2.HI/c1-6-8-13-25-21(29)18-11-9-17(10-12-18)14-27-22(24-7-2)28-16-20-26-15-19(30-20)23(3,4)5;/h9-12,15H,6-8,13-14,16H2,1-5H3,(H,25,29)(H2,24,27,28);1H. The highest BCUT2D eigenvalue weighted by molar-refractivity contribution is 14.0. The van der Waals surface area contributed by atoms with Gasteiger partial charge in [0.05, 0.1) is 19.3 Å². The van der Waals surface area contributed by atoms with Crippen molar-refractivity contribution in [1.29, 1.82) is 0 Å². The lowest BCUT2D eigenvalue weighted by Gasteiger charge is -2.13. The SMILES string of the molecule is CCCCNC(=O)c1ccc(CN=C(NCC)NCc2ncc(C(C)(C)C)o2)cc1.I. The van der Waals surface area contributed by atoms with Gasteiger partial charge in [0.25, 0.3) is 5.91 Å². The van der Waals surface area contributed by atoms with Gasteiger partial charge >= 0.3 is 0 Å². The molecule has 0 saturated heterocycles. The van der Waals surface area contributed by atoms with Crippen LogP contribution in [0.2, 0.25) is 0 Å². The molecule has 0 aliphatic rings. The summed E-state index contributed by atoms with van der Waals surface area (Å²) in [5.41, 5.74) is 1.63. The van der Waals surface area contributed by atoms with Crippen molar-refractivity contribution in [3.8, 4) is 0 Å². The minimum absolute atomic E-state index is 0. The van der Waals surface area contributed by atoms with Crippen LogP contribution in [0.15, 0.2) is 39.9 Å². The molecule has 2 aromatic rings. The summed E-state index contributed by atoms with van der Waals surface area (Å²) >= 11 is 0. The second kappa shape index (κ2) is 13.3. The number of nitrogens with zero attached hydrogens (tertiary/aromatic N) is 2. The third-order valence-electron chi connectivity index (χ3n) is 4.50. The molecule has 7 nitrogen and oxygen atoms in total. The summed E-state index contributed by atoms with van der Waals surface area (Å²) in [5, 5.41) is 9.40. The molecule has 172 valence electrons. The van der Waals surface area contributed by atoms with Crippen LogP contribution in [0.5, 0.6) is 0 Å². The number of benzene rings is 1. The molecule has 1 amide bonds. The molecule has 2 rings (SSSR count). The first-order valence-corrected chi connectivity index (χ1v) is 10.7. The second-order valence-corrected chi connectivity index (χ2v) is 8.22. The molecule has 0 aliphatic heterocycles. The van der Waals surface area contributed by atoms with Crippen molar-refractivity contribution in [2.45, 2.75) is 66.0 Å². The molecule has 1 heterocycles. The molecule has 0 spiro atoms. The average Bonchev–Trinajstić information content (AvgIpc) is 3.20. The number of unbranched alkanes of at least 4 members (excludes halogenated alkanes) is 1. The predicted molar refractivity (Wildman–Crippen MR) is 136 cm³/mol. The molecule has 8 heteroatoms. The summed E-state index contributed by atoms with van der Waals surface area (Å²) in [4.78, 5) is 21.0. The predicted octanol–water partition coefficient (Wildman–Crippen LogP) is 4.38. The zero-order valence-corrected chi connectivity index (χ0v) is 21.6. The number of halogens is 1. The van der Waals surface area contributed by atoms with E-state index in [2.05, 4.69) is 53.6 Å².